The van der Waals surface area contributed by atoms with Gasteiger partial charge < -0.3 is 5.32 Å². The molecule has 1 aliphatic carbocycles. The van der Waals surface area contributed by atoms with Gasteiger partial charge in [0.15, 0.2) is 5.13 Å². The predicted octanol–water partition coefficient (Wildman–Crippen LogP) is 2.51. The van der Waals surface area contributed by atoms with Crippen LogP contribution in [0, 0.1) is 16.7 Å². The number of carbonyl (C=O) groups is 1. The molecule has 0 unspecified atom stereocenters. The average molecular weight is 235 g/mol. The topological polar surface area (TPSA) is 65.8 Å². The van der Waals surface area contributed by atoms with E-state index in [1.165, 1.54) is 11.3 Å². The third-order valence-corrected chi connectivity index (χ3v) is 3.51. The number of aromatic nitrogens is 1. The van der Waals surface area contributed by atoms with Crippen LogP contribution in [0.25, 0.3) is 0 Å². The normalized spacial score (nSPS) is 16.9. The van der Waals surface area contributed by atoms with Gasteiger partial charge in [-0.2, -0.15) is 5.26 Å². The lowest BCUT2D eigenvalue weighted by Crippen LogP contribution is -2.22. The first-order valence-electron chi connectivity index (χ1n) is 5.25. The second-order valence-corrected chi connectivity index (χ2v) is 5.24. The largest absolute Gasteiger partial charge is 0.301 e. The highest BCUT2D eigenvalue weighted by Gasteiger charge is 2.50. The van der Waals surface area contributed by atoms with Gasteiger partial charge in [0.2, 0.25) is 5.91 Å². The highest BCUT2D eigenvalue weighted by atomic mass is 32.1. The van der Waals surface area contributed by atoms with E-state index >= 15 is 0 Å². The van der Waals surface area contributed by atoms with E-state index in [1.807, 2.05) is 5.38 Å². The minimum absolute atomic E-state index is 0.209. The Bertz CT molecular complexity index is 454. The Morgan fingerprint density at radius 1 is 1.69 bits per heavy atom. The molecule has 0 aliphatic heterocycles. The molecule has 0 radical (unpaired) electrons. The number of nitrogens with one attached hydrogen (secondary N) is 1. The quantitative estimate of drug-likeness (QED) is 0.875. The number of hydrogen-bond acceptors (Lipinski definition) is 4. The molecular formula is C11H13N3OS. The average Bonchev–Trinajstić information content (AvgIpc) is 2.92. The molecule has 1 amide bonds. The lowest BCUT2D eigenvalue weighted by Gasteiger charge is -2.04. The Labute approximate surface area is 98.3 Å². The van der Waals surface area contributed by atoms with Crippen LogP contribution in [0.1, 0.15) is 38.3 Å². The molecule has 1 fully saturated rings. The van der Waals surface area contributed by atoms with Crippen molar-refractivity contribution in [2.24, 2.45) is 5.41 Å². The molecule has 1 saturated carbocycles. The smallest absolute Gasteiger partial charge is 0.246 e. The third-order valence-electron chi connectivity index (χ3n) is 2.73. The Morgan fingerprint density at radius 2 is 2.38 bits per heavy atom. The molecule has 4 nitrogen and oxygen atoms in total. The number of hydrogen-bond donors (Lipinski definition) is 1. The van der Waals surface area contributed by atoms with E-state index in [0.29, 0.717) is 23.9 Å². The molecule has 0 bridgehead atoms. The van der Waals surface area contributed by atoms with Crippen molar-refractivity contribution >= 4 is 22.4 Å². The van der Waals surface area contributed by atoms with Crippen molar-refractivity contribution in [3.05, 3.63) is 11.1 Å². The summed E-state index contributed by atoms with van der Waals surface area (Å²) in [4.78, 5) is 16.0. The fourth-order valence-corrected chi connectivity index (χ4v) is 2.21. The molecule has 1 N–H and O–H groups in total. The minimum atomic E-state index is -0.774. The first kappa shape index (κ1) is 11.1. The summed E-state index contributed by atoms with van der Waals surface area (Å²) in [6, 6.07) is 2.07. The van der Waals surface area contributed by atoms with E-state index in [2.05, 4.69) is 30.2 Å². The molecule has 0 aromatic carbocycles. The summed E-state index contributed by atoms with van der Waals surface area (Å²) in [6.45, 7) is 4.11. The van der Waals surface area contributed by atoms with Gasteiger partial charge in [-0.15, -0.1) is 11.3 Å². The fourth-order valence-electron chi connectivity index (χ4n) is 1.34. The first-order valence-corrected chi connectivity index (χ1v) is 6.13. The zero-order valence-corrected chi connectivity index (χ0v) is 10.1. The molecule has 1 heterocycles. The van der Waals surface area contributed by atoms with Crippen LogP contribution in [0.5, 0.6) is 0 Å². The molecule has 2 rings (SSSR count). The molecule has 1 aromatic heterocycles. The van der Waals surface area contributed by atoms with Gasteiger partial charge in [0.1, 0.15) is 5.41 Å². The van der Waals surface area contributed by atoms with Gasteiger partial charge in [-0.05, 0) is 18.8 Å². The van der Waals surface area contributed by atoms with Gasteiger partial charge in [0, 0.05) is 5.38 Å². The summed E-state index contributed by atoms with van der Waals surface area (Å²) >= 11 is 1.41. The molecular weight excluding hydrogens is 222 g/mol. The summed E-state index contributed by atoms with van der Waals surface area (Å²) in [5.74, 6) is 0.146. The predicted molar refractivity (Wildman–Crippen MR) is 62.1 cm³/mol. The number of rotatable bonds is 3. The van der Waals surface area contributed by atoms with Gasteiger partial charge in [-0.25, -0.2) is 4.98 Å². The van der Waals surface area contributed by atoms with E-state index in [-0.39, 0.29) is 5.91 Å². The molecule has 84 valence electrons. The van der Waals surface area contributed by atoms with E-state index < -0.39 is 5.41 Å². The van der Waals surface area contributed by atoms with Gasteiger partial charge in [-0.1, -0.05) is 13.8 Å². The fraction of sp³-hybridized carbons (Fsp3) is 0.545. The van der Waals surface area contributed by atoms with Crippen molar-refractivity contribution in [3.63, 3.8) is 0 Å². The molecule has 1 aliphatic rings. The van der Waals surface area contributed by atoms with Gasteiger partial charge in [0.25, 0.3) is 0 Å². The monoisotopic (exact) mass is 235 g/mol. The van der Waals surface area contributed by atoms with Crippen LogP contribution in [0.15, 0.2) is 5.38 Å². The summed E-state index contributed by atoms with van der Waals surface area (Å²) in [6.07, 6.45) is 1.33. The standard InChI is InChI=1S/C11H13N3OS/c1-7(2)8-5-16-10(13-8)14-9(15)11(6-12)3-4-11/h5,7H,3-4H2,1-2H3,(H,13,14,15). The van der Waals surface area contributed by atoms with Crippen molar-refractivity contribution in [2.75, 3.05) is 5.32 Å². The van der Waals surface area contributed by atoms with Crippen LogP contribution in [-0.2, 0) is 4.79 Å². The number of nitrogens with zero attached hydrogens (tertiary/aromatic N) is 2. The maximum Gasteiger partial charge on any atom is 0.246 e. The van der Waals surface area contributed by atoms with Gasteiger partial charge in [0.05, 0.1) is 11.8 Å². The van der Waals surface area contributed by atoms with Crippen molar-refractivity contribution in [1.82, 2.24) is 4.98 Å². The van der Waals surface area contributed by atoms with Crippen LogP contribution < -0.4 is 5.32 Å². The highest BCUT2D eigenvalue weighted by Crippen LogP contribution is 2.45. The summed E-state index contributed by atoms with van der Waals surface area (Å²) in [5.41, 5.74) is 0.200. The summed E-state index contributed by atoms with van der Waals surface area (Å²) < 4.78 is 0. The Morgan fingerprint density at radius 3 is 2.81 bits per heavy atom. The SMILES string of the molecule is CC(C)c1csc(NC(=O)C2(C#N)CC2)n1. The Hall–Kier alpha value is -1.41. The van der Waals surface area contributed by atoms with E-state index in [1.54, 1.807) is 0 Å². The Balaban J connectivity index is 2.05. The number of anilines is 1. The zero-order valence-electron chi connectivity index (χ0n) is 9.28. The molecule has 1 aromatic rings. The first-order chi connectivity index (χ1) is 7.57. The molecule has 5 heteroatoms. The number of thiazole rings is 1. The molecule has 0 atom stereocenters. The van der Waals surface area contributed by atoms with Gasteiger partial charge in [-0.3, -0.25) is 4.79 Å². The lowest BCUT2D eigenvalue weighted by atomic mass is 10.1. The summed E-state index contributed by atoms with van der Waals surface area (Å²) in [7, 11) is 0. The lowest BCUT2D eigenvalue weighted by molar-refractivity contribution is -0.119. The molecule has 0 saturated heterocycles. The van der Waals surface area contributed by atoms with Crippen LogP contribution in [0.2, 0.25) is 0 Å². The van der Waals surface area contributed by atoms with Gasteiger partial charge >= 0.3 is 0 Å². The zero-order chi connectivity index (χ0) is 11.8. The second kappa shape index (κ2) is 3.87. The van der Waals surface area contributed by atoms with E-state index in [4.69, 9.17) is 5.26 Å². The number of carbonyl (C=O) groups excluding carboxylic acids is 1. The van der Waals surface area contributed by atoms with Crippen LogP contribution in [-0.4, -0.2) is 10.9 Å². The molecule has 0 spiro atoms. The van der Waals surface area contributed by atoms with Crippen molar-refractivity contribution in [2.45, 2.75) is 32.6 Å². The van der Waals surface area contributed by atoms with Crippen molar-refractivity contribution < 1.29 is 4.79 Å². The van der Waals surface area contributed by atoms with Crippen molar-refractivity contribution in [3.8, 4) is 6.07 Å². The maximum atomic E-state index is 11.7. The second-order valence-electron chi connectivity index (χ2n) is 4.38. The third kappa shape index (κ3) is 1.93. The van der Waals surface area contributed by atoms with E-state index in [9.17, 15) is 4.79 Å². The van der Waals surface area contributed by atoms with Crippen LogP contribution >= 0.6 is 11.3 Å². The van der Waals surface area contributed by atoms with Crippen LogP contribution in [0.4, 0.5) is 5.13 Å². The number of amides is 1. The van der Waals surface area contributed by atoms with E-state index in [0.717, 1.165) is 5.69 Å². The number of nitriles is 1. The summed E-state index contributed by atoms with van der Waals surface area (Å²) in [5, 5.41) is 14.1. The maximum absolute atomic E-state index is 11.7. The highest BCUT2D eigenvalue weighted by molar-refractivity contribution is 7.13. The van der Waals surface area contributed by atoms with Crippen molar-refractivity contribution in [1.29, 1.82) is 5.26 Å². The molecule has 16 heavy (non-hydrogen) atoms. The minimum Gasteiger partial charge on any atom is -0.301 e. The van der Waals surface area contributed by atoms with Crippen LogP contribution in [0.3, 0.4) is 0 Å². The Kier molecular flexibility index (Phi) is 2.68.